The molecule has 1 amide bonds. The molecule has 0 aromatic carbocycles. The molecule has 1 aliphatic rings. The Morgan fingerprint density at radius 2 is 2.24 bits per heavy atom. The molecule has 1 fully saturated rings. The van der Waals surface area contributed by atoms with Gasteiger partial charge in [-0.2, -0.15) is 0 Å². The van der Waals surface area contributed by atoms with Crippen LogP contribution in [-0.4, -0.2) is 56.6 Å². The summed E-state index contributed by atoms with van der Waals surface area (Å²) < 4.78 is 7.59. The lowest BCUT2D eigenvalue weighted by atomic mass is 9.63. The topological polar surface area (TPSA) is 73.1 Å². The lowest BCUT2D eigenvalue weighted by Crippen LogP contribution is -2.62. The average Bonchev–Trinajstić information content (AvgIpc) is 2.96. The molecule has 0 saturated heterocycles. The Morgan fingerprint density at radius 1 is 1.48 bits per heavy atom. The second-order valence-corrected chi connectivity index (χ2v) is 7.48. The van der Waals surface area contributed by atoms with Crippen molar-refractivity contribution in [2.75, 3.05) is 13.7 Å². The zero-order valence-electron chi connectivity index (χ0n) is 15.7. The number of nitrogens with zero attached hydrogens (tertiary/aromatic N) is 5. The third-order valence-corrected chi connectivity index (χ3v) is 5.42. The van der Waals surface area contributed by atoms with Crippen molar-refractivity contribution in [3.8, 4) is 0 Å². The monoisotopic (exact) mass is 345 g/mol. The molecule has 0 aliphatic heterocycles. The molecule has 7 nitrogen and oxygen atoms in total. The van der Waals surface area contributed by atoms with Crippen LogP contribution < -0.4 is 0 Å². The summed E-state index contributed by atoms with van der Waals surface area (Å²) in [4.78, 5) is 19.0. The summed E-state index contributed by atoms with van der Waals surface area (Å²) in [6.07, 6.45) is 4.90. The summed E-state index contributed by atoms with van der Waals surface area (Å²) in [6, 6.07) is 1.92. The number of unbranched alkanes of at least 4 members (excludes halogenated alkanes) is 1. The molecule has 2 heterocycles. The van der Waals surface area contributed by atoms with Crippen LogP contribution >= 0.6 is 0 Å². The quantitative estimate of drug-likeness (QED) is 0.752. The Kier molecular flexibility index (Phi) is 4.77. The highest BCUT2D eigenvalue weighted by molar-refractivity contribution is 5.96. The van der Waals surface area contributed by atoms with E-state index in [1.54, 1.807) is 24.0 Å². The highest BCUT2D eigenvalue weighted by atomic mass is 16.5. The summed E-state index contributed by atoms with van der Waals surface area (Å²) in [7, 11) is 3.64. The molecule has 0 N–H and O–H groups in total. The van der Waals surface area contributed by atoms with E-state index in [9.17, 15) is 4.79 Å². The lowest BCUT2D eigenvalue weighted by molar-refractivity contribution is -0.140. The van der Waals surface area contributed by atoms with E-state index in [2.05, 4.69) is 36.1 Å². The van der Waals surface area contributed by atoms with E-state index in [-0.39, 0.29) is 23.5 Å². The predicted molar refractivity (Wildman–Crippen MR) is 95.2 cm³/mol. The first-order chi connectivity index (χ1) is 11.9. The van der Waals surface area contributed by atoms with Gasteiger partial charge in [0.15, 0.2) is 5.65 Å². The summed E-state index contributed by atoms with van der Waals surface area (Å²) in [5.41, 5.74) is 1.80. The minimum Gasteiger partial charge on any atom is -0.378 e. The fourth-order valence-corrected chi connectivity index (χ4v) is 3.56. The first-order valence-corrected chi connectivity index (χ1v) is 8.90. The van der Waals surface area contributed by atoms with E-state index in [0.717, 1.165) is 25.9 Å². The van der Waals surface area contributed by atoms with Crippen molar-refractivity contribution in [1.82, 2.24) is 24.9 Å². The van der Waals surface area contributed by atoms with Crippen LogP contribution in [0, 0.1) is 5.41 Å². The summed E-state index contributed by atoms with van der Waals surface area (Å²) in [5.74, 6) is -0.0369. The SMILES string of the molecule is CCCCOC1CC(N(C)C(=O)c2cnc3c(c2)nnn3C)C1(C)C. The van der Waals surface area contributed by atoms with Crippen LogP contribution in [0.25, 0.3) is 11.2 Å². The zero-order chi connectivity index (χ0) is 18.2. The first kappa shape index (κ1) is 17.8. The van der Waals surface area contributed by atoms with E-state index in [1.807, 2.05) is 11.9 Å². The van der Waals surface area contributed by atoms with Crippen LogP contribution in [0.4, 0.5) is 0 Å². The maximum atomic E-state index is 12.9. The van der Waals surface area contributed by atoms with Crippen molar-refractivity contribution < 1.29 is 9.53 Å². The Balaban J connectivity index is 1.69. The molecule has 2 aromatic heterocycles. The zero-order valence-corrected chi connectivity index (χ0v) is 15.7. The van der Waals surface area contributed by atoms with Gasteiger partial charge in [0.25, 0.3) is 5.91 Å². The number of carbonyl (C=O) groups is 1. The fourth-order valence-electron chi connectivity index (χ4n) is 3.56. The molecule has 2 aromatic rings. The summed E-state index contributed by atoms with van der Waals surface area (Å²) in [6.45, 7) is 7.30. The van der Waals surface area contributed by atoms with Gasteiger partial charge in [-0.15, -0.1) is 5.10 Å². The van der Waals surface area contributed by atoms with E-state index in [4.69, 9.17) is 4.74 Å². The highest BCUT2D eigenvalue weighted by Crippen LogP contribution is 2.45. The van der Waals surface area contributed by atoms with Crippen LogP contribution in [0.5, 0.6) is 0 Å². The molecule has 2 atom stereocenters. The number of pyridine rings is 1. The van der Waals surface area contributed by atoms with Gasteiger partial charge in [0.2, 0.25) is 0 Å². The van der Waals surface area contributed by atoms with Crippen LogP contribution in [0.3, 0.4) is 0 Å². The maximum absolute atomic E-state index is 12.9. The van der Waals surface area contributed by atoms with E-state index in [1.165, 1.54) is 0 Å². The van der Waals surface area contributed by atoms with Gasteiger partial charge >= 0.3 is 0 Å². The van der Waals surface area contributed by atoms with Crippen LogP contribution in [0.2, 0.25) is 0 Å². The first-order valence-electron chi connectivity index (χ1n) is 8.90. The fraction of sp³-hybridized carbons (Fsp3) is 0.667. The minimum atomic E-state index is -0.0533. The second-order valence-electron chi connectivity index (χ2n) is 7.48. The summed E-state index contributed by atoms with van der Waals surface area (Å²) in [5, 5.41) is 7.98. The van der Waals surface area contributed by atoms with Crippen molar-refractivity contribution in [2.45, 2.75) is 52.2 Å². The number of aryl methyl sites for hydroxylation is 1. The molecule has 7 heteroatoms. The van der Waals surface area contributed by atoms with Crippen LogP contribution in [0.1, 0.15) is 50.4 Å². The van der Waals surface area contributed by atoms with Crippen LogP contribution in [0.15, 0.2) is 12.3 Å². The molecular weight excluding hydrogens is 318 g/mol. The molecule has 25 heavy (non-hydrogen) atoms. The number of aromatic nitrogens is 4. The molecule has 1 saturated carbocycles. The van der Waals surface area contributed by atoms with E-state index in [0.29, 0.717) is 16.7 Å². The smallest absolute Gasteiger partial charge is 0.255 e. The Labute approximate surface area is 148 Å². The molecular formula is C18H27N5O2. The van der Waals surface area contributed by atoms with E-state index < -0.39 is 0 Å². The van der Waals surface area contributed by atoms with E-state index >= 15 is 0 Å². The van der Waals surface area contributed by atoms with Crippen molar-refractivity contribution in [2.24, 2.45) is 12.5 Å². The van der Waals surface area contributed by atoms with Gasteiger partial charge in [0.05, 0.1) is 11.7 Å². The lowest BCUT2D eigenvalue weighted by Gasteiger charge is -2.54. The number of rotatable bonds is 6. The Bertz CT molecular complexity index is 770. The van der Waals surface area contributed by atoms with Crippen LogP contribution in [-0.2, 0) is 11.8 Å². The number of amides is 1. The molecule has 0 spiro atoms. The standard InChI is InChI=1S/C18H27N5O2/c1-6-7-8-25-15-10-14(18(15,2)3)22(4)17(24)12-9-13-16(19-11-12)23(5)21-20-13/h9,11,14-15H,6-8,10H2,1-5H3. The van der Waals surface area contributed by atoms with Gasteiger partial charge in [-0.1, -0.05) is 32.4 Å². The van der Waals surface area contributed by atoms with Gasteiger partial charge in [-0.3, -0.25) is 4.79 Å². The summed E-state index contributed by atoms with van der Waals surface area (Å²) >= 11 is 0. The molecule has 136 valence electrons. The van der Waals surface area contributed by atoms with Crippen molar-refractivity contribution in [1.29, 1.82) is 0 Å². The predicted octanol–water partition coefficient (Wildman–Crippen LogP) is 2.42. The minimum absolute atomic E-state index is 0.0369. The van der Waals surface area contributed by atoms with Gasteiger partial charge in [0, 0.05) is 38.4 Å². The van der Waals surface area contributed by atoms with Gasteiger partial charge in [0.1, 0.15) is 5.52 Å². The number of ether oxygens (including phenoxy) is 1. The normalized spacial score (nSPS) is 22.0. The largest absolute Gasteiger partial charge is 0.378 e. The highest BCUT2D eigenvalue weighted by Gasteiger charge is 2.51. The Hall–Kier alpha value is -2.02. The van der Waals surface area contributed by atoms with Crippen molar-refractivity contribution in [3.05, 3.63) is 17.8 Å². The molecule has 2 unspecified atom stereocenters. The average molecular weight is 345 g/mol. The molecule has 0 radical (unpaired) electrons. The van der Waals surface area contributed by atoms with Crippen molar-refractivity contribution in [3.63, 3.8) is 0 Å². The Morgan fingerprint density at radius 3 is 2.92 bits per heavy atom. The van der Waals surface area contributed by atoms with Crippen molar-refractivity contribution >= 4 is 17.1 Å². The number of hydrogen-bond donors (Lipinski definition) is 0. The molecule has 3 rings (SSSR count). The molecule has 0 bridgehead atoms. The second kappa shape index (κ2) is 6.71. The maximum Gasteiger partial charge on any atom is 0.255 e. The third-order valence-electron chi connectivity index (χ3n) is 5.42. The number of fused-ring (bicyclic) bond motifs is 1. The number of carbonyl (C=O) groups excluding carboxylic acids is 1. The van der Waals surface area contributed by atoms with Gasteiger partial charge in [-0.05, 0) is 18.9 Å². The molecule has 1 aliphatic carbocycles. The van der Waals surface area contributed by atoms with Gasteiger partial charge in [-0.25, -0.2) is 9.67 Å². The number of hydrogen-bond acceptors (Lipinski definition) is 5. The third kappa shape index (κ3) is 3.13. The van der Waals surface area contributed by atoms with Gasteiger partial charge < -0.3 is 9.64 Å².